The number of rotatable bonds is 2. The van der Waals surface area contributed by atoms with Crippen molar-refractivity contribution in [2.24, 2.45) is 0 Å². The number of halogens is 4. The summed E-state index contributed by atoms with van der Waals surface area (Å²) in [4.78, 5) is 11.6. The van der Waals surface area contributed by atoms with Crippen molar-refractivity contribution in [3.05, 3.63) is 58.8 Å². The normalized spacial score (nSPS) is 12.7. The van der Waals surface area contributed by atoms with Gasteiger partial charge in [0.25, 0.3) is 0 Å². The van der Waals surface area contributed by atoms with Gasteiger partial charge >= 0.3 is 6.18 Å². The molecule has 0 fully saturated rings. The first-order chi connectivity index (χ1) is 9.27. The van der Waals surface area contributed by atoms with Crippen LogP contribution in [-0.4, -0.2) is 17.1 Å². The molecule has 0 spiro atoms. The van der Waals surface area contributed by atoms with E-state index in [9.17, 15) is 18.0 Å². The molecule has 0 unspecified atom stereocenters. The van der Waals surface area contributed by atoms with Crippen LogP contribution in [0.25, 0.3) is 10.8 Å². The summed E-state index contributed by atoms with van der Waals surface area (Å²) in [5.41, 5.74) is 0.0515. The summed E-state index contributed by atoms with van der Waals surface area (Å²) < 4.78 is 36.4. The van der Waals surface area contributed by atoms with Crippen LogP contribution in [0.2, 0.25) is 5.02 Å². The van der Waals surface area contributed by atoms with Crippen molar-refractivity contribution < 1.29 is 23.1 Å². The first-order valence-corrected chi connectivity index (χ1v) is 5.87. The topological polar surface area (TPSA) is 37.3 Å². The zero-order valence-corrected chi connectivity index (χ0v) is 10.7. The number of aliphatic hydroxyl groups excluding tert-OH is 1. The van der Waals surface area contributed by atoms with Gasteiger partial charge in [0.15, 0.2) is 5.78 Å². The monoisotopic (exact) mass is 300 g/mol. The number of benzene rings is 2. The lowest BCUT2D eigenvalue weighted by Crippen LogP contribution is -2.13. The molecule has 0 heterocycles. The van der Waals surface area contributed by atoms with Crippen molar-refractivity contribution in [1.29, 1.82) is 0 Å². The van der Waals surface area contributed by atoms with Crippen LogP contribution in [0.3, 0.4) is 0 Å². The lowest BCUT2D eigenvalue weighted by Gasteiger charge is -2.05. The largest absolute Gasteiger partial charge is 0.504 e. The highest BCUT2D eigenvalue weighted by molar-refractivity contribution is 6.31. The first kappa shape index (κ1) is 14.4. The smallest absolute Gasteiger partial charge is 0.448 e. The molecule has 0 amide bonds. The highest BCUT2D eigenvalue weighted by Crippen LogP contribution is 2.24. The summed E-state index contributed by atoms with van der Waals surface area (Å²) in [5, 5.41) is 10.7. The lowest BCUT2D eigenvalue weighted by atomic mass is 10.0. The summed E-state index contributed by atoms with van der Waals surface area (Å²) in [6.45, 7) is 0. The summed E-state index contributed by atoms with van der Waals surface area (Å²) in [6.07, 6.45) is -4.77. The van der Waals surface area contributed by atoms with Gasteiger partial charge in [-0.1, -0.05) is 29.8 Å². The molecule has 2 aromatic rings. The van der Waals surface area contributed by atoms with Crippen LogP contribution in [0.15, 0.2) is 48.2 Å². The Kier molecular flexibility index (Phi) is 3.72. The predicted octanol–water partition coefficient (Wildman–Crippen LogP) is 4.68. The van der Waals surface area contributed by atoms with E-state index in [-0.39, 0.29) is 11.6 Å². The first-order valence-electron chi connectivity index (χ1n) is 5.49. The van der Waals surface area contributed by atoms with E-state index in [2.05, 4.69) is 0 Å². The Labute approximate surface area is 117 Å². The minimum Gasteiger partial charge on any atom is -0.504 e. The molecule has 0 aliphatic rings. The molecule has 2 rings (SSSR count). The average Bonchev–Trinajstić information content (AvgIpc) is 2.36. The van der Waals surface area contributed by atoms with Gasteiger partial charge in [-0.05, 0) is 29.0 Å². The Morgan fingerprint density at radius 3 is 2.35 bits per heavy atom. The summed E-state index contributed by atoms with van der Waals surface area (Å²) in [7, 11) is 0. The van der Waals surface area contributed by atoms with Crippen molar-refractivity contribution in [3.8, 4) is 0 Å². The molecular weight excluding hydrogens is 293 g/mol. The third-order valence-corrected chi connectivity index (χ3v) is 2.88. The van der Waals surface area contributed by atoms with Gasteiger partial charge in [0.05, 0.1) is 0 Å². The Hall–Kier alpha value is -2.01. The van der Waals surface area contributed by atoms with Crippen LogP contribution >= 0.6 is 11.6 Å². The fourth-order valence-electron chi connectivity index (χ4n) is 1.66. The van der Waals surface area contributed by atoms with Gasteiger partial charge in [-0.15, -0.1) is 0 Å². The molecule has 6 heteroatoms. The number of hydrogen-bond donors (Lipinski definition) is 1. The molecule has 0 aromatic heterocycles. The molecule has 0 radical (unpaired) electrons. The fourth-order valence-corrected chi connectivity index (χ4v) is 1.84. The lowest BCUT2D eigenvalue weighted by molar-refractivity contribution is -0.120. The van der Waals surface area contributed by atoms with E-state index in [4.69, 9.17) is 16.7 Å². The Morgan fingerprint density at radius 2 is 1.70 bits per heavy atom. The van der Waals surface area contributed by atoms with Crippen molar-refractivity contribution >= 4 is 28.2 Å². The van der Waals surface area contributed by atoms with Crippen molar-refractivity contribution in [2.45, 2.75) is 6.18 Å². The van der Waals surface area contributed by atoms with Crippen molar-refractivity contribution in [2.75, 3.05) is 0 Å². The van der Waals surface area contributed by atoms with Crippen LogP contribution in [0.1, 0.15) is 10.4 Å². The maximum absolute atomic E-state index is 12.1. The van der Waals surface area contributed by atoms with Crippen molar-refractivity contribution in [3.63, 3.8) is 0 Å². The van der Waals surface area contributed by atoms with Gasteiger partial charge in [-0.25, -0.2) is 0 Å². The molecule has 0 aliphatic carbocycles. The number of alkyl halides is 3. The molecule has 104 valence electrons. The third kappa shape index (κ3) is 3.11. The van der Waals surface area contributed by atoms with Gasteiger partial charge < -0.3 is 5.11 Å². The summed E-state index contributed by atoms with van der Waals surface area (Å²) in [6, 6.07) is 9.33. The zero-order valence-electron chi connectivity index (χ0n) is 9.91. The van der Waals surface area contributed by atoms with Gasteiger partial charge in [0, 0.05) is 16.7 Å². The van der Waals surface area contributed by atoms with Crippen LogP contribution in [0.4, 0.5) is 13.2 Å². The molecule has 1 N–H and O–H groups in total. The Bertz CT molecular complexity index is 705. The van der Waals surface area contributed by atoms with Crippen LogP contribution < -0.4 is 0 Å². The van der Waals surface area contributed by atoms with E-state index in [0.717, 1.165) is 5.39 Å². The number of aliphatic hydroxyl groups is 1. The van der Waals surface area contributed by atoms with E-state index in [1.807, 2.05) is 0 Å². The van der Waals surface area contributed by atoms with Gasteiger partial charge in [-0.2, -0.15) is 13.2 Å². The molecule has 2 nitrogen and oxygen atoms in total. The highest BCUT2D eigenvalue weighted by Gasteiger charge is 2.34. The minimum absolute atomic E-state index is 0.0515. The number of hydrogen-bond acceptors (Lipinski definition) is 2. The van der Waals surface area contributed by atoms with Crippen LogP contribution in [-0.2, 0) is 0 Å². The third-order valence-electron chi connectivity index (χ3n) is 2.65. The standard InChI is InChI=1S/C14H8ClF3O2/c15-11-4-3-8-5-10(2-1-9(8)6-11)12(19)7-13(20)14(16,17)18/h1-7,20H/b13-7-. The number of carbonyl (C=O) groups is 1. The highest BCUT2D eigenvalue weighted by atomic mass is 35.5. The number of carbonyl (C=O) groups excluding carboxylic acids is 1. The number of ketones is 1. The van der Waals surface area contributed by atoms with Crippen molar-refractivity contribution in [1.82, 2.24) is 0 Å². The van der Waals surface area contributed by atoms with E-state index < -0.39 is 17.7 Å². The van der Waals surface area contributed by atoms with E-state index >= 15 is 0 Å². The average molecular weight is 301 g/mol. The second-order valence-corrected chi connectivity index (χ2v) is 4.53. The van der Waals surface area contributed by atoms with Gasteiger partial charge in [0.1, 0.15) is 0 Å². The Morgan fingerprint density at radius 1 is 1.10 bits per heavy atom. The van der Waals surface area contributed by atoms with E-state index in [1.54, 1.807) is 24.3 Å². The quantitative estimate of drug-likeness (QED) is 0.497. The number of allylic oxidation sites excluding steroid dienone is 2. The van der Waals surface area contributed by atoms with Gasteiger partial charge in [0.2, 0.25) is 5.76 Å². The predicted molar refractivity (Wildman–Crippen MR) is 70.1 cm³/mol. The number of fused-ring (bicyclic) bond motifs is 1. The zero-order chi connectivity index (χ0) is 14.9. The van der Waals surface area contributed by atoms with E-state index in [0.29, 0.717) is 10.4 Å². The second kappa shape index (κ2) is 5.17. The summed E-state index contributed by atoms with van der Waals surface area (Å²) in [5.74, 6) is -2.84. The minimum atomic E-state index is -4.93. The second-order valence-electron chi connectivity index (χ2n) is 4.10. The SMILES string of the molecule is O=C(/C=C(\O)C(F)(F)F)c1ccc2cc(Cl)ccc2c1. The Balaban J connectivity index is 2.39. The van der Waals surface area contributed by atoms with E-state index in [1.165, 1.54) is 12.1 Å². The van der Waals surface area contributed by atoms with Crippen LogP contribution in [0, 0.1) is 0 Å². The molecule has 0 bridgehead atoms. The molecular formula is C14H8ClF3O2. The fraction of sp³-hybridized carbons (Fsp3) is 0.0714. The maximum Gasteiger partial charge on any atom is 0.448 e. The maximum atomic E-state index is 12.1. The molecule has 2 aromatic carbocycles. The molecule has 0 saturated heterocycles. The molecule has 0 aliphatic heterocycles. The molecule has 0 saturated carbocycles. The summed E-state index contributed by atoms with van der Waals surface area (Å²) >= 11 is 5.81. The van der Waals surface area contributed by atoms with Crippen LogP contribution in [0.5, 0.6) is 0 Å². The molecule has 0 atom stereocenters. The molecule has 20 heavy (non-hydrogen) atoms. The van der Waals surface area contributed by atoms with Gasteiger partial charge in [-0.3, -0.25) is 4.79 Å².